The summed E-state index contributed by atoms with van der Waals surface area (Å²) in [5, 5.41) is 9.81. The quantitative estimate of drug-likeness (QED) is 0.572. The second-order valence-corrected chi connectivity index (χ2v) is 8.32. The number of fused-ring (bicyclic) bond motifs is 1. The molecule has 0 N–H and O–H groups in total. The summed E-state index contributed by atoms with van der Waals surface area (Å²) < 4.78 is 10.5. The Balaban J connectivity index is 1.26. The third kappa shape index (κ3) is 4.15. The monoisotopic (exact) mass is 417 g/mol. The zero-order valence-electron chi connectivity index (χ0n) is 15.3. The molecule has 7 nitrogen and oxygen atoms in total. The van der Waals surface area contributed by atoms with Gasteiger partial charge in [-0.05, 0) is 41.8 Å². The molecule has 1 unspecified atom stereocenters. The molecule has 4 rings (SSSR count). The molecule has 1 aliphatic heterocycles. The lowest BCUT2D eigenvalue weighted by molar-refractivity contribution is -0.159. The molecule has 0 saturated heterocycles. The van der Waals surface area contributed by atoms with Gasteiger partial charge in [-0.1, -0.05) is 5.16 Å². The topological polar surface area (TPSA) is 85.5 Å². The van der Waals surface area contributed by atoms with Crippen molar-refractivity contribution in [3.05, 3.63) is 44.6 Å². The Hall–Kier alpha value is -2.52. The molecular formula is C19H19N3O4S2. The van der Waals surface area contributed by atoms with Crippen molar-refractivity contribution in [1.82, 2.24) is 15.0 Å². The van der Waals surface area contributed by atoms with Crippen LogP contribution in [0, 0.1) is 0 Å². The number of nitrogens with zero attached hydrogens (tertiary/aromatic N) is 3. The van der Waals surface area contributed by atoms with E-state index in [4.69, 9.17) is 9.26 Å². The summed E-state index contributed by atoms with van der Waals surface area (Å²) in [6, 6.07) is 3.95. The molecule has 9 heteroatoms. The van der Waals surface area contributed by atoms with E-state index in [-0.39, 0.29) is 18.7 Å². The predicted octanol–water partition coefficient (Wildman–Crippen LogP) is 3.31. The van der Waals surface area contributed by atoms with Crippen LogP contribution in [-0.4, -0.2) is 39.6 Å². The molecule has 0 fully saturated rings. The van der Waals surface area contributed by atoms with Gasteiger partial charge in [-0.2, -0.15) is 16.3 Å². The van der Waals surface area contributed by atoms with Crippen LogP contribution in [-0.2, 0) is 33.7 Å². The predicted molar refractivity (Wildman–Crippen MR) is 105 cm³/mol. The third-order valence-electron chi connectivity index (χ3n) is 4.57. The number of carbonyl (C=O) groups excluding carboxylic acids is 2. The second kappa shape index (κ2) is 8.24. The molecule has 0 spiro atoms. The van der Waals surface area contributed by atoms with Crippen LogP contribution in [0.3, 0.4) is 0 Å². The van der Waals surface area contributed by atoms with Gasteiger partial charge in [0.05, 0.1) is 6.42 Å². The van der Waals surface area contributed by atoms with Gasteiger partial charge in [0.2, 0.25) is 11.7 Å². The number of carbonyl (C=O) groups is 2. The van der Waals surface area contributed by atoms with E-state index in [0.29, 0.717) is 24.8 Å². The Morgan fingerprint density at radius 3 is 3.07 bits per heavy atom. The molecule has 0 aromatic carbocycles. The Morgan fingerprint density at radius 2 is 2.25 bits per heavy atom. The molecule has 0 radical (unpaired) electrons. The van der Waals surface area contributed by atoms with Crippen molar-refractivity contribution in [1.29, 1.82) is 0 Å². The summed E-state index contributed by atoms with van der Waals surface area (Å²) in [7, 11) is 0. The summed E-state index contributed by atoms with van der Waals surface area (Å²) >= 11 is 3.27. The first kappa shape index (κ1) is 18.8. The summed E-state index contributed by atoms with van der Waals surface area (Å²) in [6.45, 7) is 2.85. The van der Waals surface area contributed by atoms with Crippen molar-refractivity contribution >= 4 is 34.6 Å². The summed E-state index contributed by atoms with van der Waals surface area (Å²) in [6.07, 6.45) is 0.399. The fraction of sp³-hybridized carbons (Fsp3) is 0.368. The average Bonchev–Trinajstić information content (AvgIpc) is 3.46. The van der Waals surface area contributed by atoms with Gasteiger partial charge >= 0.3 is 5.97 Å². The van der Waals surface area contributed by atoms with Crippen LogP contribution in [0.5, 0.6) is 0 Å². The van der Waals surface area contributed by atoms with E-state index in [9.17, 15) is 9.59 Å². The number of amides is 1. The van der Waals surface area contributed by atoms with E-state index in [2.05, 4.69) is 10.1 Å². The minimum absolute atomic E-state index is 0.0809. The van der Waals surface area contributed by atoms with E-state index in [1.54, 1.807) is 34.5 Å². The van der Waals surface area contributed by atoms with Gasteiger partial charge in [-0.25, -0.2) is 0 Å². The fourth-order valence-electron chi connectivity index (χ4n) is 3.07. The van der Waals surface area contributed by atoms with Gasteiger partial charge in [0.25, 0.3) is 5.91 Å². The second-order valence-electron chi connectivity index (χ2n) is 6.53. The van der Waals surface area contributed by atoms with E-state index in [1.807, 2.05) is 28.3 Å². The highest BCUT2D eigenvalue weighted by Crippen LogP contribution is 2.24. The Kier molecular flexibility index (Phi) is 5.54. The van der Waals surface area contributed by atoms with Crippen molar-refractivity contribution in [2.75, 3.05) is 6.54 Å². The largest absolute Gasteiger partial charge is 0.453 e. The summed E-state index contributed by atoms with van der Waals surface area (Å²) in [4.78, 5) is 32.1. The molecule has 28 heavy (non-hydrogen) atoms. The van der Waals surface area contributed by atoms with Gasteiger partial charge in [0.15, 0.2) is 6.10 Å². The van der Waals surface area contributed by atoms with Gasteiger partial charge in [-0.3, -0.25) is 9.59 Å². The smallest absolute Gasteiger partial charge is 0.307 e. The maximum Gasteiger partial charge on any atom is 0.307 e. The standard InChI is InChI=1S/C19H19N3O4S2/c1-12(19(24)22-7-4-15-13(10-22)6-9-28-15)25-17(23)3-2-16-20-18(21-26-16)14-5-8-27-11-14/h5-6,8-9,11-12H,2-4,7,10H2,1H3. The number of hydrogen-bond acceptors (Lipinski definition) is 8. The minimum Gasteiger partial charge on any atom is -0.453 e. The molecule has 3 aromatic heterocycles. The Bertz CT molecular complexity index is 964. The van der Waals surface area contributed by atoms with Gasteiger partial charge < -0.3 is 14.2 Å². The van der Waals surface area contributed by atoms with Crippen LogP contribution in [0.4, 0.5) is 0 Å². The van der Waals surface area contributed by atoms with Gasteiger partial charge in [-0.15, -0.1) is 11.3 Å². The highest BCUT2D eigenvalue weighted by molar-refractivity contribution is 7.10. The van der Waals surface area contributed by atoms with E-state index in [1.165, 1.54) is 10.4 Å². The van der Waals surface area contributed by atoms with Crippen molar-refractivity contribution < 1.29 is 18.8 Å². The van der Waals surface area contributed by atoms with Crippen LogP contribution in [0.15, 0.2) is 32.8 Å². The van der Waals surface area contributed by atoms with Crippen LogP contribution in [0.2, 0.25) is 0 Å². The highest BCUT2D eigenvalue weighted by Gasteiger charge is 2.27. The SMILES string of the molecule is CC(OC(=O)CCc1nc(-c2ccsc2)no1)C(=O)N1CCc2sccc2C1. The van der Waals surface area contributed by atoms with Crippen molar-refractivity contribution in [3.63, 3.8) is 0 Å². The fourth-order valence-corrected chi connectivity index (χ4v) is 4.60. The summed E-state index contributed by atoms with van der Waals surface area (Å²) in [5.41, 5.74) is 2.07. The number of hydrogen-bond donors (Lipinski definition) is 0. The van der Waals surface area contributed by atoms with Crippen LogP contribution in [0.1, 0.15) is 29.7 Å². The Morgan fingerprint density at radius 1 is 1.36 bits per heavy atom. The lowest BCUT2D eigenvalue weighted by Crippen LogP contribution is -2.42. The van der Waals surface area contributed by atoms with Crippen LogP contribution in [0.25, 0.3) is 11.4 Å². The summed E-state index contributed by atoms with van der Waals surface area (Å²) in [5.74, 6) is 0.260. The third-order valence-corrected chi connectivity index (χ3v) is 6.27. The maximum absolute atomic E-state index is 12.6. The minimum atomic E-state index is -0.809. The van der Waals surface area contributed by atoms with Gasteiger partial charge in [0.1, 0.15) is 0 Å². The molecule has 1 amide bonds. The number of aryl methyl sites for hydroxylation is 1. The zero-order valence-corrected chi connectivity index (χ0v) is 16.9. The molecule has 0 bridgehead atoms. The molecule has 4 heterocycles. The lowest BCUT2D eigenvalue weighted by Gasteiger charge is -2.29. The molecule has 0 saturated carbocycles. The molecule has 1 aliphatic rings. The zero-order chi connectivity index (χ0) is 19.5. The number of ether oxygens (including phenoxy) is 1. The molecule has 146 valence electrons. The van der Waals surface area contributed by atoms with Crippen LogP contribution >= 0.6 is 22.7 Å². The van der Waals surface area contributed by atoms with Crippen molar-refractivity contribution in [2.24, 2.45) is 0 Å². The Labute approximate surface area is 169 Å². The first-order valence-electron chi connectivity index (χ1n) is 8.99. The van der Waals surface area contributed by atoms with E-state index < -0.39 is 12.1 Å². The van der Waals surface area contributed by atoms with Crippen LogP contribution < -0.4 is 0 Å². The number of esters is 1. The van der Waals surface area contributed by atoms with Gasteiger partial charge in [0, 0.05) is 35.3 Å². The molecule has 0 aliphatic carbocycles. The number of aromatic nitrogens is 2. The lowest BCUT2D eigenvalue weighted by atomic mass is 10.1. The van der Waals surface area contributed by atoms with Crippen molar-refractivity contribution in [2.45, 2.75) is 38.8 Å². The molecular weight excluding hydrogens is 398 g/mol. The average molecular weight is 418 g/mol. The molecule has 1 atom stereocenters. The van der Waals surface area contributed by atoms with Crippen molar-refractivity contribution in [3.8, 4) is 11.4 Å². The first-order valence-corrected chi connectivity index (χ1v) is 10.8. The van der Waals surface area contributed by atoms with E-state index >= 15 is 0 Å². The number of thiophene rings is 2. The highest BCUT2D eigenvalue weighted by atomic mass is 32.1. The maximum atomic E-state index is 12.6. The normalized spacial score (nSPS) is 14.5. The van der Waals surface area contributed by atoms with E-state index in [0.717, 1.165) is 12.0 Å². The first-order chi connectivity index (χ1) is 13.6. The molecule has 3 aromatic rings. The number of rotatable bonds is 6.